The van der Waals surface area contributed by atoms with Gasteiger partial charge in [-0.1, -0.05) is 30.3 Å². The van der Waals surface area contributed by atoms with E-state index in [-0.39, 0.29) is 18.9 Å². The molecule has 6 heteroatoms. The Morgan fingerprint density at radius 3 is 2.56 bits per heavy atom. The molecule has 2 aromatic carbocycles. The van der Waals surface area contributed by atoms with E-state index in [9.17, 15) is 9.59 Å². The number of hydrogen-bond acceptors (Lipinski definition) is 4. The quantitative estimate of drug-likeness (QED) is 0.700. The Kier molecular flexibility index (Phi) is 5.09. The molecule has 0 fully saturated rings. The maximum absolute atomic E-state index is 11.9. The average molecular weight is 337 g/mol. The molecule has 0 aliphatic heterocycles. The molecule has 25 heavy (non-hydrogen) atoms. The molecule has 0 saturated heterocycles. The van der Waals surface area contributed by atoms with Crippen LogP contribution < -0.4 is 5.32 Å². The second kappa shape index (κ2) is 7.61. The normalized spacial score (nSPS) is 10.6. The molecule has 3 aromatic rings. The molecular weight excluding hydrogens is 318 g/mol. The summed E-state index contributed by atoms with van der Waals surface area (Å²) in [5, 5.41) is 2.55. The largest absolute Gasteiger partial charge is 0.468 e. The summed E-state index contributed by atoms with van der Waals surface area (Å²) >= 11 is 0. The maximum Gasteiger partial charge on any atom is 0.325 e. The third kappa shape index (κ3) is 3.85. The molecule has 0 aliphatic rings. The molecule has 0 saturated carbocycles. The van der Waals surface area contributed by atoms with Crippen LogP contribution in [-0.2, 0) is 20.7 Å². The first-order chi connectivity index (χ1) is 12.2. The molecule has 0 spiro atoms. The molecule has 1 amide bonds. The number of methoxy groups -OCH3 is 1. The summed E-state index contributed by atoms with van der Waals surface area (Å²) in [5.74, 6) is 0.127. The summed E-state index contributed by atoms with van der Waals surface area (Å²) in [5.41, 5.74) is 2.89. The number of amides is 1. The maximum atomic E-state index is 11.9. The van der Waals surface area contributed by atoms with Gasteiger partial charge < -0.3 is 10.1 Å². The highest BCUT2D eigenvalue weighted by Gasteiger charge is 2.14. The lowest BCUT2D eigenvalue weighted by Gasteiger charge is -2.09. The summed E-state index contributed by atoms with van der Waals surface area (Å²) in [6, 6.07) is 17.8. The van der Waals surface area contributed by atoms with E-state index in [1.54, 1.807) is 0 Å². The van der Waals surface area contributed by atoms with Crippen LogP contribution in [0.3, 0.4) is 0 Å². The lowest BCUT2D eigenvalue weighted by molar-refractivity contribution is -0.141. The number of rotatable bonds is 6. The fourth-order valence-corrected chi connectivity index (χ4v) is 2.67. The number of nitrogens with one attached hydrogen (secondary N) is 1. The van der Waals surface area contributed by atoms with Crippen molar-refractivity contribution in [2.24, 2.45) is 0 Å². The standard InChI is InChI=1S/C19H19N3O3/c1-25-19(24)13-20-18(23)12-11-17-21-15-9-5-6-10-16(15)22(17)14-7-3-2-4-8-14/h2-10H,11-13H2,1H3,(H,20,23). The van der Waals surface area contributed by atoms with Crippen LogP contribution >= 0.6 is 0 Å². The minimum Gasteiger partial charge on any atom is -0.468 e. The first kappa shape index (κ1) is 16.7. The molecule has 1 N–H and O–H groups in total. The van der Waals surface area contributed by atoms with Gasteiger partial charge in [0, 0.05) is 18.5 Å². The number of aromatic nitrogens is 2. The molecule has 1 heterocycles. The Bertz CT molecular complexity index is 887. The molecule has 6 nitrogen and oxygen atoms in total. The van der Waals surface area contributed by atoms with Gasteiger partial charge in [-0.25, -0.2) is 4.98 Å². The minimum absolute atomic E-state index is 0.121. The van der Waals surface area contributed by atoms with Crippen LogP contribution in [0.4, 0.5) is 0 Å². The van der Waals surface area contributed by atoms with Crippen LogP contribution in [0.2, 0.25) is 0 Å². The second-order valence-corrected chi connectivity index (χ2v) is 5.54. The van der Waals surface area contributed by atoms with Crippen molar-refractivity contribution in [2.75, 3.05) is 13.7 Å². The predicted molar refractivity (Wildman–Crippen MR) is 94.4 cm³/mol. The van der Waals surface area contributed by atoms with Gasteiger partial charge in [-0.15, -0.1) is 0 Å². The van der Waals surface area contributed by atoms with Crippen LogP contribution in [0.15, 0.2) is 54.6 Å². The molecule has 1 aromatic heterocycles. The number of esters is 1. The van der Waals surface area contributed by atoms with Crippen molar-refractivity contribution in [1.29, 1.82) is 0 Å². The van der Waals surface area contributed by atoms with E-state index in [2.05, 4.69) is 19.6 Å². The van der Waals surface area contributed by atoms with Gasteiger partial charge in [0.1, 0.15) is 12.4 Å². The SMILES string of the molecule is COC(=O)CNC(=O)CCc1nc2ccccc2n1-c1ccccc1. The topological polar surface area (TPSA) is 73.2 Å². The Morgan fingerprint density at radius 1 is 1.08 bits per heavy atom. The monoisotopic (exact) mass is 337 g/mol. The number of carbonyl (C=O) groups excluding carboxylic acids is 2. The summed E-state index contributed by atoms with van der Waals surface area (Å²) in [7, 11) is 1.29. The van der Waals surface area contributed by atoms with E-state index in [4.69, 9.17) is 0 Å². The highest BCUT2D eigenvalue weighted by molar-refractivity contribution is 5.82. The van der Waals surface area contributed by atoms with E-state index in [1.807, 2.05) is 54.6 Å². The van der Waals surface area contributed by atoms with Gasteiger partial charge in [0.15, 0.2) is 0 Å². The smallest absolute Gasteiger partial charge is 0.325 e. The molecule has 0 aliphatic carbocycles. The fraction of sp³-hybridized carbons (Fsp3) is 0.211. The number of carbonyl (C=O) groups is 2. The van der Waals surface area contributed by atoms with Crippen molar-refractivity contribution in [2.45, 2.75) is 12.8 Å². The van der Waals surface area contributed by atoms with Crippen LogP contribution in [0, 0.1) is 0 Å². The van der Waals surface area contributed by atoms with Gasteiger partial charge in [0.2, 0.25) is 5.91 Å². The van der Waals surface area contributed by atoms with E-state index >= 15 is 0 Å². The number of ether oxygens (including phenoxy) is 1. The average Bonchev–Trinajstić information content (AvgIpc) is 3.03. The molecule has 0 atom stereocenters. The van der Waals surface area contributed by atoms with Crippen LogP contribution in [0.25, 0.3) is 16.7 Å². The fourth-order valence-electron chi connectivity index (χ4n) is 2.67. The van der Waals surface area contributed by atoms with Crippen LogP contribution in [0.1, 0.15) is 12.2 Å². The number of aryl methyl sites for hydroxylation is 1. The van der Waals surface area contributed by atoms with Crippen LogP contribution in [-0.4, -0.2) is 35.1 Å². The third-order valence-corrected chi connectivity index (χ3v) is 3.88. The Labute approximate surface area is 145 Å². The van der Waals surface area contributed by atoms with E-state index in [0.29, 0.717) is 6.42 Å². The van der Waals surface area contributed by atoms with Crippen molar-refractivity contribution in [3.05, 3.63) is 60.4 Å². The number of benzene rings is 2. The van der Waals surface area contributed by atoms with E-state index in [1.165, 1.54) is 7.11 Å². The zero-order valence-corrected chi connectivity index (χ0v) is 13.9. The molecule has 0 radical (unpaired) electrons. The van der Waals surface area contributed by atoms with E-state index < -0.39 is 5.97 Å². The molecule has 0 bridgehead atoms. The Hall–Kier alpha value is -3.15. The first-order valence-electron chi connectivity index (χ1n) is 8.04. The van der Waals surface area contributed by atoms with Crippen LogP contribution in [0.5, 0.6) is 0 Å². The van der Waals surface area contributed by atoms with Gasteiger partial charge in [-0.2, -0.15) is 0 Å². The number of nitrogens with zero attached hydrogens (tertiary/aromatic N) is 2. The highest BCUT2D eigenvalue weighted by atomic mass is 16.5. The summed E-state index contributed by atoms with van der Waals surface area (Å²) in [6.07, 6.45) is 0.712. The lowest BCUT2D eigenvalue weighted by atomic mass is 10.2. The Morgan fingerprint density at radius 2 is 1.80 bits per heavy atom. The summed E-state index contributed by atoms with van der Waals surface area (Å²) in [4.78, 5) is 27.7. The van der Waals surface area contributed by atoms with Crippen molar-refractivity contribution in [3.8, 4) is 5.69 Å². The van der Waals surface area contributed by atoms with E-state index in [0.717, 1.165) is 22.5 Å². The predicted octanol–water partition coefficient (Wildman–Crippen LogP) is 2.25. The molecular formula is C19H19N3O3. The molecule has 128 valence electrons. The zero-order chi connectivity index (χ0) is 17.6. The zero-order valence-electron chi connectivity index (χ0n) is 13.9. The number of imidazole rings is 1. The highest BCUT2D eigenvalue weighted by Crippen LogP contribution is 2.22. The number of fused-ring (bicyclic) bond motifs is 1. The van der Waals surface area contributed by atoms with Gasteiger partial charge in [0.05, 0.1) is 18.1 Å². The van der Waals surface area contributed by atoms with Crippen molar-refractivity contribution in [3.63, 3.8) is 0 Å². The molecule has 3 rings (SSSR count). The number of hydrogen-bond donors (Lipinski definition) is 1. The van der Waals surface area contributed by atoms with Crippen molar-refractivity contribution < 1.29 is 14.3 Å². The van der Waals surface area contributed by atoms with Gasteiger partial charge in [-0.3, -0.25) is 14.2 Å². The van der Waals surface area contributed by atoms with Crippen molar-refractivity contribution >= 4 is 22.9 Å². The molecule has 0 unspecified atom stereocenters. The first-order valence-corrected chi connectivity index (χ1v) is 8.04. The van der Waals surface area contributed by atoms with Gasteiger partial charge in [0.25, 0.3) is 0 Å². The second-order valence-electron chi connectivity index (χ2n) is 5.54. The van der Waals surface area contributed by atoms with Gasteiger partial charge in [-0.05, 0) is 24.3 Å². The third-order valence-electron chi connectivity index (χ3n) is 3.88. The lowest BCUT2D eigenvalue weighted by Crippen LogP contribution is -2.30. The van der Waals surface area contributed by atoms with Crippen molar-refractivity contribution in [1.82, 2.24) is 14.9 Å². The minimum atomic E-state index is -0.468. The van der Waals surface area contributed by atoms with Gasteiger partial charge >= 0.3 is 5.97 Å². The Balaban J connectivity index is 1.82. The summed E-state index contributed by atoms with van der Waals surface area (Å²) < 4.78 is 6.57. The summed E-state index contributed by atoms with van der Waals surface area (Å²) in [6.45, 7) is -0.121. The number of para-hydroxylation sites is 3.